The van der Waals surface area contributed by atoms with Gasteiger partial charge < -0.3 is 15.0 Å². The first kappa shape index (κ1) is 16.2. The Balaban J connectivity index is 1.22. The number of rotatable bonds is 3. The summed E-state index contributed by atoms with van der Waals surface area (Å²) in [6.07, 6.45) is 0.817. The van der Waals surface area contributed by atoms with E-state index >= 15 is 0 Å². The van der Waals surface area contributed by atoms with Gasteiger partial charge in [0.2, 0.25) is 0 Å². The first-order valence-electron chi connectivity index (χ1n) is 8.96. The maximum atomic E-state index is 12.4. The van der Waals surface area contributed by atoms with Crippen LogP contribution in [0.4, 0.5) is 9.59 Å². The van der Waals surface area contributed by atoms with Crippen LogP contribution < -0.4 is 5.32 Å². The number of ether oxygens (including phenoxy) is 1. The van der Waals surface area contributed by atoms with E-state index in [1.807, 2.05) is 0 Å². The predicted molar refractivity (Wildman–Crippen MR) is 92.2 cm³/mol. The van der Waals surface area contributed by atoms with Gasteiger partial charge in [-0.2, -0.15) is 0 Å². The zero-order chi connectivity index (χ0) is 17.2. The Kier molecular flexibility index (Phi) is 4.48. The number of urea groups is 1. The van der Waals surface area contributed by atoms with Crippen LogP contribution in [0.5, 0.6) is 0 Å². The Bertz CT molecular complexity index is 665. The summed E-state index contributed by atoms with van der Waals surface area (Å²) in [4.78, 5) is 29.7. The maximum absolute atomic E-state index is 12.4. The highest BCUT2D eigenvalue weighted by molar-refractivity contribution is 5.75. The molecule has 1 atom stereocenters. The number of hydrogen-bond acceptors (Lipinski definition) is 4. The zero-order valence-corrected chi connectivity index (χ0v) is 14.3. The Morgan fingerprint density at radius 1 is 1.20 bits per heavy atom. The number of nitrogens with zero attached hydrogens (tertiary/aromatic N) is 3. The fourth-order valence-corrected chi connectivity index (χ4v) is 3.85. The molecule has 1 aromatic carbocycles. The second kappa shape index (κ2) is 6.92. The molecule has 7 heteroatoms. The molecule has 0 aliphatic carbocycles. The van der Waals surface area contributed by atoms with Crippen LogP contribution in [-0.4, -0.2) is 78.7 Å². The molecule has 0 saturated carbocycles. The van der Waals surface area contributed by atoms with Gasteiger partial charge in [-0.3, -0.25) is 9.80 Å². The van der Waals surface area contributed by atoms with Gasteiger partial charge in [0.25, 0.3) is 0 Å². The lowest BCUT2D eigenvalue weighted by atomic mass is 10.00. The lowest BCUT2D eigenvalue weighted by Gasteiger charge is -2.35. The van der Waals surface area contributed by atoms with Gasteiger partial charge >= 0.3 is 12.1 Å². The summed E-state index contributed by atoms with van der Waals surface area (Å²) in [6, 6.07) is 8.52. The van der Waals surface area contributed by atoms with Crippen LogP contribution >= 0.6 is 0 Å². The van der Waals surface area contributed by atoms with E-state index in [0.717, 1.165) is 26.1 Å². The summed E-state index contributed by atoms with van der Waals surface area (Å²) < 4.78 is 5.04. The van der Waals surface area contributed by atoms with Crippen molar-refractivity contribution in [3.8, 4) is 0 Å². The number of hydrogen-bond donors (Lipinski definition) is 1. The minimum Gasteiger partial charge on any atom is -0.447 e. The van der Waals surface area contributed by atoms with Crippen molar-refractivity contribution in [2.45, 2.75) is 19.0 Å². The number of amides is 3. The molecule has 2 fully saturated rings. The molecule has 3 aliphatic heterocycles. The molecular weight excluding hydrogens is 320 g/mol. The van der Waals surface area contributed by atoms with Crippen LogP contribution in [0, 0.1) is 0 Å². The SMILES string of the molecule is O=C(NCCN1CCc2ccccc2C1)N1CCN2C(=O)OC[C@H]2C1. The third-order valence-corrected chi connectivity index (χ3v) is 5.32. The smallest absolute Gasteiger partial charge is 0.410 e. The molecular formula is C18H24N4O3. The van der Waals surface area contributed by atoms with Crippen LogP contribution in [0.3, 0.4) is 0 Å². The third-order valence-electron chi connectivity index (χ3n) is 5.32. The van der Waals surface area contributed by atoms with E-state index in [1.165, 1.54) is 11.1 Å². The molecule has 134 valence electrons. The van der Waals surface area contributed by atoms with Crippen molar-refractivity contribution in [2.75, 3.05) is 45.9 Å². The van der Waals surface area contributed by atoms with Crippen LogP contribution in [-0.2, 0) is 17.7 Å². The highest BCUT2D eigenvalue weighted by Gasteiger charge is 2.38. The zero-order valence-electron chi connectivity index (χ0n) is 14.3. The number of cyclic esters (lactones) is 1. The van der Waals surface area contributed by atoms with Crippen molar-refractivity contribution in [2.24, 2.45) is 0 Å². The highest BCUT2D eigenvalue weighted by Crippen LogP contribution is 2.19. The van der Waals surface area contributed by atoms with Crippen molar-refractivity contribution in [3.05, 3.63) is 35.4 Å². The Labute approximate surface area is 147 Å². The number of piperazine rings is 1. The number of carbonyl (C=O) groups excluding carboxylic acids is 2. The van der Waals surface area contributed by atoms with Crippen LogP contribution in [0.15, 0.2) is 24.3 Å². The lowest BCUT2D eigenvalue weighted by molar-refractivity contribution is 0.126. The van der Waals surface area contributed by atoms with Crippen LogP contribution in [0.2, 0.25) is 0 Å². The van der Waals surface area contributed by atoms with Gasteiger partial charge in [0.05, 0.1) is 6.04 Å². The van der Waals surface area contributed by atoms with E-state index < -0.39 is 0 Å². The summed E-state index contributed by atoms with van der Waals surface area (Å²) in [5.74, 6) is 0. The standard InChI is InChI=1S/C18H24N4O3/c23-17(21-9-10-22-16(12-21)13-25-18(22)24)19-6-8-20-7-5-14-3-1-2-4-15(14)11-20/h1-4,16H,5-13H2,(H,19,23)/t16-/m1/s1. The van der Waals surface area contributed by atoms with Crippen LogP contribution in [0.1, 0.15) is 11.1 Å². The third kappa shape index (κ3) is 3.42. The van der Waals surface area contributed by atoms with Gasteiger partial charge in [0.1, 0.15) is 6.61 Å². The van der Waals surface area contributed by atoms with E-state index in [2.05, 4.69) is 34.5 Å². The minimum absolute atomic E-state index is 0.00518. The van der Waals surface area contributed by atoms with E-state index in [1.54, 1.807) is 9.80 Å². The van der Waals surface area contributed by atoms with Gasteiger partial charge in [-0.1, -0.05) is 24.3 Å². The first-order chi connectivity index (χ1) is 12.2. The number of carbonyl (C=O) groups is 2. The Hall–Kier alpha value is -2.28. The molecule has 3 amide bonds. The molecule has 1 N–H and O–H groups in total. The molecule has 2 saturated heterocycles. The highest BCUT2D eigenvalue weighted by atomic mass is 16.6. The molecule has 0 unspecified atom stereocenters. The monoisotopic (exact) mass is 344 g/mol. The minimum atomic E-state index is -0.254. The number of fused-ring (bicyclic) bond motifs is 2. The summed E-state index contributed by atoms with van der Waals surface area (Å²) in [5, 5.41) is 3.02. The van der Waals surface area contributed by atoms with Crippen LogP contribution in [0.25, 0.3) is 0 Å². The number of nitrogens with one attached hydrogen (secondary N) is 1. The molecule has 4 rings (SSSR count). The average molecular weight is 344 g/mol. The number of benzene rings is 1. The van der Waals surface area contributed by atoms with Crippen molar-refractivity contribution in [1.82, 2.24) is 20.0 Å². The lowest BCUT2D eigenvalue weighted by Crippen LogP contribution is -2.56. The van der Waals surface area contributed by atoms with Gasteiger partial charge in [-0.25, -0.2) is 9.59 Å². The fourth-order valence-electron chi connectivity index (χ4n) is 3.85. The van der Waals surface area contributed by atoms with Gasteiger partial charge in [0, 0.05) is 45.8 Å². The van der Waals surface area contributed by atoms with Crippen molar-refractivity contribution < 1.29 is 14.3 Å². The topological polar surface area (TPSA) is 65.1 Å². The van der Waals surface area contributed by atoms with Gasteiger partial charge in [-0.15, -0.1) is 0 Å². The fraction of sp³-hybridized carbons (Fsp3) is 0.556. The molecule has 25 heavy (non-hydrogen) atoms. The largest absolute Gasteiger partial charge is 0.447 e. The first-order valence-corrected chi connectivity index (χ1v) is 8.96. The van der Waals surface area contributed by atoms with Crippen molar-refractivity contribution in [1.29, 1.82) is 0 Å². The van der Waals surface area contributed by atoms with Crippen molar-refractivity contribution >= 4 is 12.1 Å². The normalized spacial score (nSPS) is 23.0. The van der Waals surface area contributed by atoms with Gasteiger partial charge in [-0.05, 0) is 17.5 Å². The summed E-state index contributed by atoms with van der Waals surface area (Å²) in [5.41, 5.74) is 2.83. The molecule has 1 aromatic rings. The van der Waals surface area contributed by atoms with E-state index in [-0.39, 0.29) is 18.2 Å². The molecule has 7 nitrogen and oxygen atoms in total. The summed E-state index contributed by atoms with van der Waals surface area (Å²) in [7, 11) is 0. The quantitative estimate of drug-likeness (QED) is 0.884. The molecule has 0 spiro atoms. The summed E-state index contributed by atoms with van der Waals surface area (Å²) in [6.45, 7) is 5.53. The van der Waals surface area contributed by atoms with Gasteiger partial charge in [0.15, 0.2) is 0 Å². The molecule has 0 bridgehead atoms. The molecule has 3 heterocycles. The molecule has 0 aromatic heterocycles. The van der Waals surface area contributed by atoms with E-state index in [0.29, 0.717) is 32.8 Å². The average Bonchev–Trinajstić information content (AvgIpc) is 3.02. The molecule has 3 aliphatic rings. The van der Waals surface area contributed by atoms with Crippen molar-refractivity contribution in [3.63, 3.8) is 0 Å². The van der Waals surface area contributed by atoms with E-state index in [9.17, 15) is 9.59 Å². The predicted octanol–water partition coefficient (Wildman–Crippen LogP) is 0.891. The molecule has 0 radical (unpaired) electrons. The summed E-state index contributed by atoms with van der Waals surface area (Å²) >= 11 is 0. The Morgan fingerprint density at radius 3 is 2.92 bits per heavy atom. The second-order valence-electron chi connectivity index (χ2n) is 6.90. The Morgan fingerprint density at radius 2 is 2.04 bits per heavy atom. The van der Waals surface area contributed by atoms with E-state index in [4.69, 9.17) is 4.74 Å². The second-order valence-corrected chi connectivity index (χ2v) is 6.90. The maximum Gasteiger partial charge on any atom is 0.410 e.